The average molecular weight is 449 g/mol. The summed E-state index contributed by atoms with van der Waals surface area (Å²) in [4.78, 5) is 16.2. The summed E-state index contributed by atoms with van der Waals surface area (Å²) in [6, 6.07) is 20.8. The maximum atomic E-state index is 12.2. The van der Waals surface area contributed by atoms with Crippen LogP contribution in [0.1, 0.15) is 5.56 Å². The molecule has 0 bridgehead atoms. The molecule has 2 aromatic carbocycles. The number of nitrogens with one attached hydrogen (secondary N) is 1. The lowest BCUT2D eigenvalue weighted by atomic mass is 10.2. The van der Waals surface area contributed by atoms with Crippen LogP contribution in [0.2, 0.25) is 5.02 Å². The number of para-hydroxylation sites is 1. The van der Waals surface area contributed by atoms with Gasteiger partial charge in [0.15, 0.2) is 11.0 Å². The third-order valence-electron chi connectivity index (χ3n) is 4.17. The van der Waals surface area contributed by atoms with Crippen molar-refractivity contribution in [1.29, 1.82) is 0 Å². The summed E-state index contributed by atoms with van der Waals surface area (Å²) in [5, 5.41) is 13.9. The second kappa shape index (κ2) is 10.0. The third-order valence-corrected chi connectivity index (χ3v) is 5.35. The zero-order valence-corrected chi connectivity index (χ0v) is 17.8. The summed E-state index contributed by atoms with van der Waals surface area (Å²) in [6.45, 7) is 0. The number of carbonyl (C=O) groups is 1. The molecule has 2 aromatic heterocycles. The summed E-state index contributed by atoms with van der Waals surface area (Å²) in [6.07, 6.45) is 4.87. The number of benzene rings is 2. The van der Waals surface area contributed by atoms with E-state index in [0.717, 1.165) is 16.8 Å². The number of halogens is 1. The van der Waals surface area contributed by atoms with Crippen LogP contribution in [0.25, 0.3) is 17.1 Å². The molecule has 0 aliphatic carbocycles. The number of thioether (sulfide) groups is 1. The predicted octanol–water partition coefficient (Wildman–Crippen LogP) is 4.23. The minimum atomic E-state index is -0.249. The Morgan fingerprint density at radius 2 is 1.87 bits per heavy atom. The molecule has 31 heavy (non-hydrogen) atoms. The lowest BCUT2D eigenvalue weighted by Crippen LogP contribution is -2.20. The fourth-order valence-electron chi connectivity index (χ4n) is 2.75. The molecule has 0 spiro atoms. The van der Waals surface area contributed by atoms with E-state index in [9.17, 15) is 4.79 Å². The Hall–Kier alpha value is -3.49. The van der Waals surface area contributed by atoms with Gasteiger partial charge in [0.1, 0.15) is 0 Å². The normalized spacial score (nSPS) is 11.0. The molecular formula is C22H17ClN6OS. The van der Waals surface area contributed by atoms with Crippen molar-refractivity contribution in [3.8, 4) is 17.1 Å². The van der Waals surface area contributed by atoms with Crippen LogP contribution < -0.4 is 5.43 Å². The maximum Gasteiger partial charge on any atom is 0.250 e. The average Bonchev–Trinajstić information content (AvgIpc) is 3.23. The second-order valence-corrected chi connectivity index (χ2v) is 7.73. The van der Waals surface area contributed by atoms with Gasteiger partial charge in [0.05, 0.1) is 12.0 Å². The number of hydrazone groups is 1. The molecule has 0 saturated heterocycles. The summed E-state index contributed by atoms with van der Waals surface area (Å²) < 4.78 is 1.92. The van der Waals surface area contributed by atoms with Crippen molar-refractivity contribution in [1.82, 2.24) is 25.2 Å². The largest absolute Gasteiger partial charge is 0.272 e. The molecular weight excluding hydrogens is 432 g/mol. The second-order valence-electron chi connectivity index (χ2n) is 6.35. The highest BCUT2D eigenvalue weighted by Gasteiger charge is 2.17. The van der Waals surface area contributed by atoms with Gasteiger partial charge in [0.25, 0.3) is 5.91 Å². The smallest absolute Gasteiger partial charge is 0.250 e. The number of amides is 1. The number of nitrogens with zero attached hydrogens (tertiary/aromatic N) is 5. The molecule has 0 aliphatic heterocycles. The Morgan fingerprint density at radius 1 is 1.06 bits per heavy atom. The molecule has 7 nitrogen and oxygen atoms in total. The number of rotatable bonds is 7. The van der Waals surface area contributed by atoms with Gasteiger partial charge in [-0.3, -0.25) is 14.3 Å². The monoisotopic (exact) mass is 448 g/mol. The summed E-state index contributed by atoms with van der Waals surface area (Å²) in [7, 11) is 0. The number of carbonyl (C=O) groups excluding carboxylic acids is 1. The van der Waals surface area contributed by atoms with E-state index in [1.54, 1.807) is 36.8 Å². The molecule has 0 atom stereocenters. The van der Waals surface area contributed by atoms with Gasteiger partial charge in [-0.15, -0.1) is 10.2 Å². The molecule has 2 heterocycles. The van der Waals surface area contributed by atoms with E-state index < -0.39 is 0 Å². The number of aromatic nitrogens is 4. The highest BCUT2D eigenvalue weighted by atomic mass is 35.5. The Morgan fingerprint density at radius 3 is 2.61 bits per heavy atom. The summed E-state index contributed by atoms with van der Waals surface area (Å²) in [5.74, 6) is 0.553. The van der Waals surface area contributed by atoms with Crippen LogP contribution in [0.5, 0.6) is 0 Å². The summed E-state index contributed by atoms with van der Waals surface area (Å²) >= 11 is 7.30. The van der Waals surface area contributed by atoms with Crippen molar-refractivity contribution in [2.75, 3.05) is 5.75 Å². The summed E-state index contributed by atoms with van der Waals surface area (Å²) in [5.41, 5.74) is 5.08. The van der Waals surface area contributed by atoms with Gasteiger partial charge in [-0.1, -0.05) is 47.6 Å². The molecule has 154 valence electrons. The van der Waals surface area contributed by atoms with E-state index in [4.69, 9.17) is 11.6 Å². The molecule has 9 heteroatoms. The molecule has 1 amide bonds. The number of hydrogen-bond donors (Lipinski definition) is 1. The van der Waals surface area contributed by atoms with Crippen LogP contribution in [-0.2, 0) is 4.79 Å². The van der Waals surface area contributed by atoms with Crippen molar-refractivity contribution < 1.29 is 4.79 Å². The molecule has 0 radical (unpaired) electrons. The van der Waals surface area contributed by atoms with Crippen molar-refractivity contribution in [2.45, 2.75) is 5.16 Å². The zero-order chi connectivity index (χ0) is 21.5. The molecule has 0 unspecified atom stereocenters. The zero-order valence-electron chi connectivity index (χ0n) is 16.2. The highest BCUT2D eigenvalue weighted by Crippen LogP contribution is 2.28. The highest BCUT2D eigenvalue weighted by molar-refractivity contribution is 7.99. The quantitative estimate of drug-likeness (QED) is 0.260. The number of hydrogen-bond acceptors (Lipinski definition) is 6. The van der Waals surface area contributed by atoms with Crippen molar-refractivity contribution in [3.63, 3.8) is 0 Å². The first-order valence-electron chi connectivity index (χ1n) is 9.32. The molecule has 4 rings (SSSR count). The van der Waals surface area contributed by atoms with Crippen molar-refractivity contribution in [3.05, 3.63) is 89.7 Å². The predicted molar refractivity (Wildman–Crippen MR) is 123 cm³/mol. The van der Waals surface area contributed by atoms with Gasteiger partial charge in [0, 0.05) is 34.2 Å². The molecule has 4 aromatic rings. The third kappa shape index (κ3) is 5.36. The van der Waals surface area contributed by atoms with Gasteiger partial charge >= 0.3 is 0 Å². The first-order valence-corrected chi connectivity index (χ1v) is 10.7. The fourth-order valence-corrected chi connectivity index (χ4v) is 3.62. The van der Waals surface area contributed by atoms with Crippen LogP contribution in [0, 0.1) is 0 Å². The van der Waals surface area contributed by atoms with Crippen LogP contribution in [0.15, 0.2) is 89.4 Å². The first-order chi connectivity index (χ1) is 15.2. The Kier molecular flexibility index (Phi) is 6.71. The van der Waals surface area contributed by atoms with Crippen LogP contribution in [0.4, 0.5) is 0 Å². The lowest BCUT2D eigenvalue weighted by Gasteiger charge is -2.10. The van der Waals surface area contributed by atoms with E-state index in [2.05, 4.69) is 25.7 Å². The Labute approximate surface area is 188 Å². The van der Waals surface area contributed by atoms with E-state index in [-0.39, 0.29) is 11.7 Å². The Balaban J connectivity index is 1.51. The standard InChI is InChI=1S/C22H17ClN6OS/c23-18-10-8-17(9-11-18)21-27-28-22(29(21)19-6-2-1-3-7-19)31-15-20(30)26-25-14-16-5-4-12-24-13-16/h1-14H,15H2,(H,26,30)/b25-14-. The van der Waals surface area contributed by atoms with Crippen molar-refractivity contribution in [2.24, 2.45) is 5.10 Å². The number of pyridine rings is 1. The van der Waals surface area contributed by atoms with E-state index in [1.165, 1.54) is 11.8 Å². The lowest BCUT2D eigenvalue weighted by molar-refractivity contribution is -0.118. The van der Waals surface area contributed by atoms with Crippen molar-refractivity contribution >= 4 is 35.5 Å². The molecule has 0 aliphatic rings. The van der Waals surface area contributed by atoms with Gasteiger partial charge in [0.2, 0.25) is 0 Å². The minimum Gasteiger partial charge on any atom is -0.272 e. The molecule has 0 saturated carbocycles. The SMILES string of the molecule is O=C(CSc1nnc(-c2ccc(Cl)cc2)n1-c1ccccc1)N/N=C\c1cccnc1. The minimum absolute atomic E-state index is 0.135. The van der Waals surface area contributed by atoms with E-state index >= 15 is 0 Å². The van der Waals surface area contributed by atoms with Gasteiger partial charge < -0.3 is 0 Å². The van der Waals surface area contributed by atoms with Gasteiger partial charge in [-0.25, -0.2) is 5.43 Å². The van der Waals surface area contributed by atoms with Gasteiger partial charge in [-0.05, 0) is 42.5 Å². The topological polar surface area (TPSA) is 85.1 Å². The maximum absolute atomic E-state index is 12.2. The van der Waals surface area contributed by atoms with Crippen LogP contribution in [0.3, 0.4) is 0 Å². The van der Waals surface area contributed by atoms with Crippen LogP contribution in [-0.4, -0.2) is 37.6 Å². The van der Waals surface area contributed by atoms with E-state index in [0.29, 0.717) is 16.0 Å². The molecule has 0 fully saturated rings. The van der Waals surface area contributed by atoms with Crippen LogP contribution >= 0.6 is 23.4 Å². The Bertz CT molecular complexity index is 1180. The van der Waals surface area contributed by atoms with E-state index in [1.807, 2.05) is 53.1 Å². The van der Waals surface area contributed by atoms with Gasteiger partial charge in [-0.2, -0.15) is 5.10 Å². The first kappa shape index (κ1) is 20.8. The molecule has 1 N–H and O–H groups in total. The fraction of sp³-hybridized carbons (Fsp3) is 0.0455.